The molecule has 0 aromatic carbocycles. The molecule has 2 aromatic rings. The van der Waals surface area contributed by atoms with Crippen LogP contribution >= 0.6 is 0 Å². The third-order valence-corrected chi connectivity index (χ3v) is 4.04. The number of furan rings is 1. The monoisotopic (exact) mass is 318 g/mol. The number of urea groups is 1. The molecule has 23 heavy (non-hydrogen) atoms. The van der Waals surface area contributed by atoms with Crippen LogP contribution in [-0.2, 0) is 13.1 Å². The molecule has 0 bridgehead atoms. The zero-order valence-electron chi connectivity index (χ0n) is 13.2. The SMILES string of the molecule is CNCc1cn(C2CCN(C(=O)NCc3ccco3)CC2)nn1. The van der Waals surface area contributed by atoms with Crippen molar-refractivity contribution in [1.29, 1.82) is 0 Å². The van der Waals surface area contributed by atoms with Gasteiger partial charge in [-0.05, 0) is 32.0 Å². The van der Waals surface area contributed by atoms with Gasteiger partial charge >= 0.3 is 6.03 Å². The predicted octanol–water partition coefficient (Wildman–Crippen LogP) is 1.14. The Morgan fingerprint density at radius 2 is 2.22 bits per heavy atom. The standard InChI is InChI=1S/C15H22N6O2/c1-16-9-12-11-21(19-18-12)13-4-6-20(7-5-13)15(22)17-10-14-3-2-8-23-14/h2-3,8,11,13,16H,4-7,9-10H2,1H3,(H,17,22). The fourth-order valence-corrected chi connectivity index (χ4v) is 2.78. The van der Waals surface area contributed by atoms with Crippen molar-refractivity contribution in [2.75, 3.05) is 20.1 Å². The van der Waals surface area contributed by atoms with E-state index in [1.165, 1.54) is 0 Å². The van der Waals surface area contributed by atoms with Gasteiger partial charge in [-0.25, -0.2) is 9.48 Å². The molecule has 0 aliphatic carbocycles. The van der Waals surface area contributed by atoms with Crippen LogP contribution in [0.1, 0.15) is 30.3 Å². The highest BCUT2D eigenvalue weighted by molar-refractivity contribution is 5.74. The van der Waals surface area contributed by atoms with Gasteiger partial charge in [-0.1, -0.05) is 5.21 Å². The number of amides is 2. The van der Waals surface area contributed by atoms with Crippen molar-refractivity contribution in [2.24, 2.45) is 0 Å². The molecule has 2 amide bonds. The fraction of sp³-hybridized carbons (Fsp3) is 0.533. The van der Waals surface area contributed by atoms with E-state index >= 15 is 0 Å². The average molecular weight is 318 g/mol. The van der Waals surface area contributed by atoms with Crippen molar-refractivity contribution >= 4 is 6.03 Å². The number of hydrogen-bond acceptors (Lipinski definition) is 5. The lowest BCUT2D eigenvalue weighted by atomic mass is 10.1. The van der Waals surface area contributed by atoms with Gasteiger partial charge in [0.2, 0.25) is 0 Å². The Kier molecular flexibility index (Phi) is 4.92. The number of likely N-dealkylation sites (tertiary alicyclic amines) is 1. The fourth-order valence-electron chi connectivity index (χ4n) is 2.78. The lowest BCUT2D eigenvalue weighted by molar-refractivity contribution is 0.167. The lowest BCUT2D eigenvalue weighted by Crippen LogP contribution is -2.44. The lowest BCUT2D eigenvalue weighted by Gasteiger charge is -2.31. The Hall–Kier alpha value is -2.35. The molecule has 3 rings (SSSR count). The number of aromatic nitrogens is 3. The number of carbonyl (C=O) groups is 1. The summed E-state index contributed by atoms with van der Waals surface area (Å²) in [5.74, 6) is 0.757. The van der Waals surface area contributed by atoms with Crippen LogP contribution in [-0.4, -0.2) is 46.1 Å². The van der Waals surface area contributed by atoms with Gasteiger partial charge in [-0.15, -0.1) is 5.10 Å². The highest BCUT2D eigenvalue weighted by atomic mass is 16.3. The maximum Gasteiger partial charge on any atom is 0.317 e. The Morgan fingerprint density at radius 3 is 2.91 bits per heavy atom. The number of hydrogen-bond donors (Lipinski definition) is 2. The minimum absolute atomic E-state index is 0.0469. The molecule has 1 saturated heterocycles. The summed E-state index contributed by atoms with van der Waals surface area (Å²) in [7, 11) is 1.89. The number of nitrogens with zero attached hydrogens (tertiary/aromatic N) is 4. The highest BCUT2D eigenvalue weighted by Crippen LogP contribution is 2.21. The van der Waals surface area contributed by atoms with Crippen LogP contribution in [0.3, 0.4) is 0 Å². The molecule has 0 unspecified atom stereocenters. The second-order valence-electron chi connectivity index (χ2n) is 5.68. The molecule has 8 nitrogen and oxygen atoms in total. The van der Waals surface area contributed by atoms with E-state index in [0.29, 0.717) is 19.1 Å². The summed E-state index contributed by atoms with van der Waals surface area (Å²) in [5, 5.41) is 14.3. The van der Waals surface area contributed by atoms with Crippen LogP contribution in [0.15, 0.2) is 29.0 Å². The minimum Gasteiger partial charge on any atom is -0.467 e. The van der Waals surface area contributed by atoms with Gasteiger partial charge in [-0.2, -0.15) is 0 Å². The molecule has 8 heteroatoms. The third kappa shape index (κ3) is 3.89. The maximum absolute atomic E-state index is 12.2. The van der Waals surface area contributed by atoms with Crippen molar-refractivity contribution in [2.45, 2.75) is 32.0 Å². The first kappa shape index (κ1) is 15.5. The molecule has 0 saturated carbocycles. The molecule has 1 aliphatic rings. The quantitative estimate of drug-likeness (QED) is 0.863. The van der Waals surface area contributed by atoms with Crippen molar-refractivity contribution < 1.29 is 9.21 Å². The summed E-state index contributed by atoms with van der Waals surface area (Å²) < 4.78 is 7.13. The average Bonchev–Trinajstić information content (AvgIpc) is 3.25. The first-order chi connectivity index (χ1) is 11.3. The first-order valence-electron chi connectivity index (χ1n) is 7.86. The minimum atomic E-state index is -0.0469. The molecule has 0 radical (unpaired) electrons. The van der Waals surface area contributed by atoms with E-state index in [4.69, 9.17) is 4.42 Å². The van der Waals surface area contributed by atoms with Crippen molar-refractivity contribution in [1.82, 2.24) is 30.5 Å². The van der Waals surface area contributed by atoms with Crippen molar-refractivity contribution in [3.05, 3.63) is 36.0 Å². The van der Waals surface area contributed by atoms with Gasteiger partial charge in [0.05, 0.1) is 30.7 Å². The summed E-state index contributed by atoms with van der Waals surface area (Å²) >= 11 is 0. The van der Waals surface area contributed by atoms with Gasteiger partial charge in [0.25, 0.3) is 0 Å². The normalized spacial score (nSPS) is 15.8. The largest absolute Gasteiger partial charge is 0.467 e. The number of nitrogens with one attached hydrogen (secondary N) is 2. The van der Waals surface area contributed by atoms with E-state index in [1.807, 2.05) is 35.0 Å². The molecule has 124 valence electrons. The summed E-state index contributed by atoms with van der Waals surface area (Å²) in [6.07, 6.45) is 5.36. The van der Waals surface area contributed by atoms with Gasteiger partial charge in [0, 0.05) is 19.6 Å². The van der Waals surface area contributed by atoms with Gasteiger partial charge in [-0.3, -0.25) is 0 Å². The molecule has 1 fully saturated rings. The van der Waals surface area contributed by atoms with Crippen LogP contribution in [0.4, 0.5) is 4.79 Å². The van der Waals surface area contributed by atoms with Crippen molar-refractivity contribution in [3.63, 3.8) is 0 Å². The van der Waals surface area contributed by atoms with E-state index in [9.17, 15) is 4.79 Å². The van der Waals surface area contributed by atoms with Gasteiger partial charge in [0.1, 0.15) is 5.76 Å². The highest BCUT2D eigenvalue weighted by Gasteiger charge is 2.24. The molecule has 1 aliphatic heterocycles. The maximum atomic E-state index is 12.2. The molecule has 3 heterocycles. The van der Waals surface area contributed by atoms with Crippen molar-refractivity contribution in [3.8, 4) is 0 Å². The van der Waals surface area contributed by atoms with Crippen LogP contribution in [0.5, 0.6) is 0 Å². The molecule has 0 atom stereocenters. The zero-order chi connectivity index (χ0) is 16.1. The van der Waals surface area contributed by atoms with Crippen LogP contribution < -0.4 is 10.6 Å². The summed E-state index contributed by atoms with van der Waals surface area (Å²) in [6, 6.07) is 3.92. The Labute approximate surface area is 134 Å². The Balaban J connectivity index is 1.46. The summed E-state index contributed by atoms with van der Waals surface area (Å²) in [4.78, 5) is 14.0. The second kappa shape index (κ2) is 7.28. The summed E-state index contributed by atoms with van der Waals surface area (Å²) in [5.41, 5.74) is 0.936. The number of rotatable bonds is 5. The Bertz CT molecular complexity index is 616. The smallest absolute Gasteiger partial charge is 0.317 e. The first-order valence-corrected chi connectivity index (χ1v) is 7.86. The predicted molar refractivity (Wildman–Crippen MR) is 83.6 cm³/mol. The molecule has 0 spiro atoms. The number of piperidine rings is 1. The van der Waals surface area contributed by atoms with Crippen LogP contribution in [0, 0.1) is 0 Å². The van der Waals surface area contributed by atoms with E-state index in [0.717, 1.165) is 37.4 Å². The van der Waals surface area contributed by atoms with Gasteiger partial charge in [0.15, 0.2) is 0 Å². The van der Waals surface area contributed by atoms with Crippen LogP contribution in [0.25, 0.3) is 0 Å². The van der Waals surface area contributed by atoms with E-state index in [1.54, 1.807) is 6.26 Å². The van der Waals surface area contributed by atoms with Gasteiger partial charge < -0.3 is 20.0 Å². The van der Waals surface area contributed by atoms with E-state index < -0.39 is 0 Å². The third-order valence-electron chi connectivity index (χ3n) is 4.04. The molecule has 2 N–H and O–H groups in total. The topological polar surface area (TPSA) is 88.2 Å². The number of carbonyl (C=O) groups excluding carboxylic acids is 1. The Morgan fingerprint density at radius 1 is 1.39 bits per heavy atom. The zero-order valence-corrected chi connectivity index (χ0v) is 13.2. The molecule has 2 aromatic heterocycles. The van der Waals surface area contributed by atoms with E-state index in [-0.39, 0.29) is 6.03 Å². The molecular weight excluding hydrogens is 296 g/mol. The second-order valence-corrected chi connectivity index (χ2v) is 5.68. The molecular formula is C15H22N6O2. The summed E-state index contributed by atoms with van der Waals surface area (Å²) in [6.45, 7) is 2.57. The van der Waals surface area contributed by atoms with E-state index in [2.05, 4.69) is 20.9 Å². The van der Waals surface area contributed by atoms with Crippen LogP contribution in [0.2, 0.25) is 0 Å².